The van der Waals surface area contributed by atoms with Crippen molar-refractivity contribution in [1.82, 2.24) is 15.1 Å². The molecule has 0 aliphatic heterocycles. The average molecular weight is 310 g/mol. The van der Waals surface area contributed by atoms with E-state index in [1.54, 1.807) is 11.8 Å². The van der Waals surface area contributed by atoms with Crippen LogP contribution in [0.5, 0.6) is 0 Å². The van der Waals surface area contributed by atoms with Gasteiger partial charge < -0.3 is 10.1 Å². The van der Waals surface area contributed by atoms with Crippen molar-refractivity contribution in [3.05, 3.63) is 16.9 Å². The van der Waals surface area contributed by atoms with Crippen molar-refractivity contribution in [2.24, 2.45) is 0 Å². The maximum atomic E-state index is 11.5. The molecule has 0 bridgehead atoms. The minimum absolute atomic E-state index is 0.0146. The van der Waals surface area contributed by atoms with Crippen molar-refractivity contribution >= 4 is 21.4 Å². The summed E-state index contributed by atoms with van der Waals surface area (Å²) in [4.78, 5) is 0. The summed E-state index contributed by atoms with van der Waals surface area (Å²) in [5, 5.41) is 7.75. The molecule has 0 radical (unpaired) electrons. The molecule has 1 aromatic heterocycles. The molecule has 0 saturated carbocycles. The summed E-state index contributed by atoms with van der Waals surface area (Å²) in [6.07, 6.45) is 2.74. The summed E-state index contributed by atoms with van der Waals surface area (Å²) in [6.45, 7) is 3.58. The van der Waals surface area contributed by atoms with Gasteiger partial charge in [-0.1, -0.05) is 18.5 Å². The van der Waals surface area contributed by atoms with Gasteiger partial charge in [-0.2, -0.15) is 5.10 Å². The zero-order valence-electron chi connectivity index (χ0n) is 11.4. The zero-order valence-corrected chi connectivity index (χ0v) is 13.0. The Hall–Kier alpha value is -0.630. The van der Waals surface area contributed by atoms with E-state index in [-0.39, 0.29) is 11.8 Å². The van der Waals surface area contributed by atoms with Gasteiger partial charge in [0.15, 0.2) is 0 Å². The molecule has 0 aliphatic rings. The van der Waals surface area contributed by atoms with Crippen molar-refractivity contribution < 1.29 is 13.2 Å². The second-order valence-corrected chi connectivity index (χ2v) is 6.89. The van der Waals surface area contributed by atoms with E-state index in [2.05, 4.69) is 10.4 Å². The van der Waals surface area contributed by atoms with Crippen molar-refractivity contribution in [3.63, 3.8) is 0 Å². The van der Waals surface area contributed by atoms with E-state index in [9.17, 15) is 8.42 Å². The third-order valence-electron chi connectivity index (χ3n) is 2.59. The average Bonchev–Trinajstić information content (AvgIpc) is 2.65. The summed E-state index contributed by atoms with van der Waals surface area (Å²) >= 11 is 6.12. The van der Waals surface area contributed by atoms with Crippen LogP contribution in [0.25, 0.3) is 0 Å². The van der Waals surface area contributed by atoms with Crippen LogP contribution in [-0.2, 0) is 21.1 Å². The highest BCUT2D eigenvalue weighted by atomic mass is 35.5. The van der Waals surface area contributed by atoms with Gasteiger partial charge in [0, 0.05) is 13.4 Å². The highest BCUT2D eigenvalue weighted by Gasteiger charge is 2.23. The quantitative estimate of drug-likeness (QED) is 0.771. The molecule has 1 aromatic rings. The fourth-order valence-corrected chi connectivity index (χ4v) is 3.01. The first-order chi connectivity index (χ1) is 8.89. The van der Waals surface area contributed by atoms with Gasteiger partial charge in [0.25, 0.3) is 0 Å². The topological polar surface area (TPSA) is 73.2 Å². The molecule has 8 heteroatoms. The Kier molecular flexibility index (Phi) is 6.25. The molecule has 0 aliphatic carbocycles. The maximum absolute atomic E-state index is 11.5. The lowest BCUT2D eigenvalue weighted by Crippen LogP contribution is -2.30. The highest BCUT2D eigenvalue weighted by Crippen LogP contribution is 2.24. The van der Waals surface area contributed by atoms with Crippen molar-refractivity contribution in [3.8, 4) is 0 Å². The summed E-state index contributed by atoms with van der Waals surface area (Å²) in [6, 6.07) is -0.369. The Bertz CT molecular complexity index is 501. The molecule has 1 N–H and O–H groups in total. The highest BCUT2D eigenvalue weighted by molar-refractivity contribution is 7.90. The first-order valence-corrected chi connectivity index (χ1v) is 8.44. The SMILES string of the molecule is CCNC(CS(C)(=O)=O)c1c(Cl)cnn1CCOC. The molecular weight excluding hydrogens is 290 g/mol. The van der Waals surface area contributed by atoms with Gasteiger partial charge in [-0.3, -0.25) is 4.68 Å². The molecule has 1 rings (SSSR count). The van der Waals surface area contributed by atoms with Gasteiger partial charge in [0.1, 0.15) is 9.84 Å². The van der Waals surface area contributed by atoms with Crippen LogP contribution in [0.2, 0.25) is 5.02 Å². The number of hydrogen-bond donors (Lipinski definition) is 1. The van der Waals surface area contributed by atoms with E-state index >= 15 is 0 Å². The summed E-state index contributed by atoms with van der Waals surface area (Å²) in [7, 11) is -1.52. The van der Waals surface area contributed by atoms with Gasteiger partial charge in [-0.05, 0) is 6.54 Å². The molecule has 1 unspecified atom stereocenters. The number of nitrogens with zero attached hydrogens (tertiary/aromatic N) is 2. The van der Waals surface area contributed by atoms with Crippen LogP contribution in [-0.4, -0.2) is 50.5 Å². The van der Waals surface area contributed by atoms with Crippen LogP contribution in [0.4, 0.5) is 0 Å². The van der Waals surface area contributed by atoms with Crippen LogP contribution in [0.1, 0.15) is 18.7 Å². The number of sulfone groups is 1. The second-order valence-electron chi connectivity index (χ2n) is 4.30. The van der Waals surface area contributed by atoms with E-state index in [4.69, 9.17) is 16.3 Å². The van der Waals surface area contributed by atoms with Gasteiger partial charge in [0.05, 0.1) is 41.9 Å². The Balaban J connectivity index is 3.03. The Labute approximate surface area is 119 Å². The predicted molar refractivity (Wildman–Crippen MR) is 75.2 cm³/mol. The summed E-state index contributed by atoms with van der Waals surface area (Å²) in [5.41, 5.74) is 0.686. The van der Waals surface area contributed by atoms with E-state index in [1.807, 2.05) is 6.92 Å². The fourth-order valence-electron chi connectivity index (χ4n) is 1.86. The number of aromatic nitrogens is 2. The molecule has 1 atom stereocenters. The van der Waals surface area contributed by atoms with E-state index in [0.717, 1.165) is 0 Å². The summed E-state index contributed by atoms with van der Waals surface area (Å²) in [5.74, 6) is -0.0146. The largest absolute Gasteiger partial charge is 0.383 e. The number of hydrogen-bond acceptors (Lipinski definition) is 5. The lowest BCUT2D eigenvalue weighted by atomic mass is 10.2. The third kappa shape index (κ3) is 5.10. The fraction of sp³-hybridized carbons (Fsp3) is 0.727. The molecule has 1 heterocycles. The van der Waals surface area contributed by atoms with Crippen LogP contribution in [0, 0.1) is 0 Å². The van der Waals surface area contributed by atoms with E-state index < -0.39 is 9.84 Å². The van der Waals surface area contributed by atoms with Gasteiger partial charge in [-0.25, -0.2) is 8.42 Å². The Morgan fingerprint density at radius 2 is 2.26 bits per heavy atom. The van der Waals surface area contributed by atoms with Crippen LogP contribution in [0.3, 0.4) is 0 Å². The molecule has 0 saturated heterocycles. The number of methoxy groups -OCH3 is 1. The Morgan fingerprint density at radius 1 is 1.58 bits per heavy atom. The smallest absolute Gasteiger partial charge is 0.149 e. The van der Waals surface area contributed by atoms with Crippen LogP contribution < -0.4 is 5.32 Å². The zero-order chi connectivity index (χ0) is 14.5. The molecule has 6 nitrogen and oxygen atoms in total. The lowest BCUT2D eigenvalue weighted by molar-refractivity contribution is 0.182. The number of halogens is 1. The van der Waals surface area contributed by atoms with Gasteiger partial charge in [0.2, 0.25) is 0 Å². The lowest BCUT2D eigenvalue weighted by Gasteiger charge is -2.19. The van der Waals surface area contributed by atoms with Crippen molar-refractivity contribution in [2.45, 2.75) is 19.5 Å². The number of nitrogens with one attached hydrogen (secondary N) is 1. The Morgan fingerprint density at radius 3 is 2.79 bits per heavy atom. The number of rotatable bonds is 8. The molecule has 0 spiro atoms. The second kappa shape index (κ2) is 7.23. The molecular formula is C11H20ClN3O3S. The van der Waals surface area contributed by atoms with Gasteiger partial charge >= 0.3 is 0 Å². The number of ether oxygens (including phenoxy) is 1. The first kappa shape index (κ1) is 16.4. The molecule has 110 valence electrons. The predicted octanol–water partition coefficient (Wildman–Crippen LogP) is 0.878. The standard InChI is InChI=1S/C11H20ClN3O3S/c1-4-13-10(8-19(3,16)17)11-9(12)7-14-15(11)5-6-18-2/h7,10,13H,4-6,8H2,1-3H3. The van der Waals surface area contributed by atoms with Crippen LogP contribution >= 0.6 is 11.6 Å². The summed E-state index contributed by atoms with van der Waals surface area (Å²) < 4.78 is 29.7. The maximum Gasteiger partial charge on any atom is 0.149 e. The minimum Gasteiger partial charge on any atom is -0.383 e. The minimum atomic E-state index is -3.12. The molecule has 0 aromatic carbocycles. The van der Waals surface area contributed by atoms with Crippen molar-refractivity contribution in [1.29, 1.82) is 0 Å². The van der Waals surface area contributed by atoms with E-state index in [0.29, 0.717) is 30.4 Å². The van der Waals surface area contributed by atoms with E-state index in [1.165, 1.54) is 12.5 Å². The monoisotopic (exact) mass is 309 g/mol. The molecule has 0 amide bonds. The first-order valence-electron chi connectivity index (χ1n) is 6.00. The molecule has 0 fully saturated rings. The van der Waals surface area contributed by atoms with Crippen LogP contribution in [0.15, 0.2) is 6.20 Å². The van der Waals surface area contributed by atoms with Crippen molar-refractivity contribution in [2.75, 3.05) is 32.3 Å². The van der Waals surface area contributed by atoms with Gasteiger partial charge in [-0.15, -0.1) is 0 Å². The molecule has 19 heavy (non-hydrogen) atoms. The third-order valence-corrected chi connectivity index (χ3v) is 3.82. The normalized spacial score (nSPS) is 13.7.